The van der Waals surface area contributed by atoms with Crippen molar-refractivity contribution in [1.82, 2.24) is 4.90 Å². The maximum Gasteiger partial charge on any atom is 0.251 e. The summed E-state index contributed by atoms with van der Waals surface area (Å²) < 4.78 is 0. The first-order valence-corrected chi connectivity index (χ1v) is 6.86. The van der Waals surface area contributed by atoms with Crippen LogP contribution in [0.3, 0.4) is 0 Å². The third-order valence-corrected chi connectivity index (χ3v) is 3.38. The standard InChI is InChI=1S/C15H19N3O3/c1-9(2)14(20)17-11-6-4-5-10(7-11)16-12-8-13(19)18(3)15(12)21/h4-7,9,12,16H,8H2,1-3H3,(H,17,20). The van der Waals surface area contributed by atoms with E-state index in [1.165, 1.54) is 7.05 Å². The second kappa shape index (κ2) is 5.95. The van der Waals surface area contributed by atoms with Gasteiger partial charge in [0, 0.05) is 24.3 Å². The van der Waals surface area contributed by atoms with Crippen molar-refractivity contribution in [3.05, 3.63) is 24.3 Å². The van der Waals surface area contributed by atoms with Gasteiger partial charge < -0.3 is 10.6 Å². The average Bonchev–Trinajstić information content (AvgIpc) is 2.66. The molecule has 1 aliphatic heterocycles. The molecule has 0 radical (unpaired) electrons. The number of carbonyl (C=O) groups excluding carboxylic acids is 3. The molecule has 0 aromatic heterocycles. The number of imide groups is 1. The zero-order valence-electron chi connectivity index (χ0n) is 12.3. The predicted octanol–water partition coefficient (Wildman–Crippen LogP) is 1.45. The van der Waals surface area contributed by atoms with Gasteiger partial charge in [-0.05, 0) is 18.2 Å². The number of benzene rings is 1. The maximum absolute atomic E-state index is 11.8. The van der Waals surface area contributed by atoms with Crippen LogP contribution in [-0.2, 0) is 14.4 Å². The summed E-state index contributed by atoms with van der Waals surface area (Å²) in [7, 11) is 1.48. The molecule has 1 aromatic rings. The lowest BCUT2D eigenvalue weighted by atomic mass is 10.2. The van der Waals surface area contributed by atoms with Crippen LogP contribution in [0.15, 0.2) is 24.3 Å². The van der Waals surface area contributed by atoms with E-state index in [4.69, 9.17) is 0 Å². The van der Waals surface area contributed by atoms with Gasteiger partial charge >= 0.3 is 0 Å². The number of nitrogens with one attached hydrogen (secondary N) is 2. The second-order valence-electron chi connectivity index (χ2n) is 5.42. The van der Waals surface area contributed by atoms with Gasteiger partial charge in [0.2, 0.25) is 11.8 Å². The van der Waals surface area contributed by atoms with E-state index in [0.717, 1.165) is 4.90 Å². The Balaban J connectivity index is 2.06. The summed E-state index contributed by atoms with van der Waals surface area (Å²) in [5.41, 5.74) is 1.35. The normalized spacial score (nSPS) is 18.3. The van der Waals surface area contributed by atoms with Crippen molar-refractivity contribution in [2.45, 2.75) is 26.3 Å². The van der Waals surface area contributed by atoms with E-state index in [0.29, 0.717) is 11.4 Å². The molecule has 1 fully saturated rings. The van der Waals surface area contributed by atoms with Crippen LogP contribution in [-0.4, -0.2) is 35.7 Å². The van der Waals surface area contributed by atoms with Gasteiger partial charge in [-0.3, -0.25) is 19.3 Å². The summed E-state index contributed by atoms with van der Waals surface area (Å²) in [6.07, 6.45) is 0.151. The number of carbonyl (C=O) groups is 3. The van der Waals surface area contributed by atoms with Crippen molar-refractivity contribution in [3.63, 3.8) is 0 Å². The molecule has 6 nitrogen and oxygen atoms in total. The van der Waals surface area contributed by atoms with Crippen molar-refractivity contribution in [1.29, 1.82) is 0 Å². The van der Waals surface area contributed by atoms with Gasteiger partial charge in [0.05, 0.1) is 6.42 Å². The molecule has 1 saturated heterocycles. The van der Waals surface area contributed by atoms with Gasteiger partial charge in [0.1, 0.15) is 6.04 Å². The monoisotopic (exact) mass is 289 g/mol. The fraction of sp³-hybridized carbons (Fsp3) is 0.400. The van der Waals surface area contributed by atoms with Crippen LogP contribution >= 0.6 is 0 Å². The number of hydrogen-bond acceptors (Lipinski definition) is 4. The maximum atomic E-state index is 11.8. The highest BCUT2D eigenvalue weighted by Crippen LogP contribution is 2.20. The molecule has 0 aliphatic carbocycles. The van der Waals surface area contributed by atoms with E-state index in [1.807, 2.05) is 13.8 Å². The lowest BCUT2D eigenvalue weighted by Gasteiger charge is -2.14. The van der Waals surface area contributed by atoms with E-state index >= 15 is 0 Å². The van der Waals surface area contributed by atoms with E-state index in [2.05, 4.69) is 10.6 Å². The van der Waals surface area contributed by atoms with Crippen LogP contribution in [0.25, 0.3) is 0 Å². The number of rotatable bonds is 4. The van der Waals surface area contributed by atoms with Gasteiger partial charge in [-0.1, -0.05) is 19.9 Å². The van der Waals surface area contributed by atoms with Crippen molar-refractivity contribution in [2.75, 3.05) is 17.7 Å². The average molecular weight is 289 g/mol. The molecule has 6 heteroatoms. The Labute approximate surface area is 123 Å². The first kappa shape index (κ1) is 15.0. The Morgan fingerprint density at radius 1 is 1.29 bits per heavy atom. The molecule has 112 valence electrons. The molecule has 21 heavy (non-hydrogen) atoms. The number of amides is 3. The Morgan fingerprint density at radius 2 is 1.95 bits per heavy atom. The van der Waals surface area contributed by atoms with Crippen molar-refractivity contribution < 1.29 is 14.4 Å². The van der Waals surface area contributed by atoms with E-state index in [-0.39, 0.29) is 30.1 Å². The van der Waals surface area contributed by atoms with Crippen LogP contribution in [0.5, 0.6) is 0 Å². The Hall–Kier alpha value is -2.37. The largest absolute Gasteiger partial charge is 0.373 e. The van der Waals surface area contributed by atoms with Gasteiger partial charge in [-0.25, -0.2) is 0 Å². The summed E-state index contributed by atoms with van der Waals surface area (Å²) >= 11 is 0. The van der Waals surface area contributed by atoms with Gasteiger partial charge in [-0.2, -0.15) is 0 Å². The molecule has 1 aliphatic rings. The van der Waals surface area contributed by atoms with Crippen molar-refractivity contribution in [2.24, 2.45) is 5.92 Å². The fourth-order valence-electron chi connectivity index (χ4n) is 2.04. The van der Waals surface area contributed by atoms with Crippen LogP contribution in [0.1, 0.15) is 20.3 Å². The highest BCUT2D eigenvalue weighted by atomic mass is 16.2. The highest BCUT2D eigenvalue weighted by molar-refractivity contribution is 6.06. The molecule has 3 amide bonds. The number of likely N-dealkylation sites (tertiary alicyclic amines) is 1. The third kappa shape index (κ3) is 3.39. The number of hydrogen-bond donors (Lipinski definition) is 2. The molecule has 1 heterocycles. The van der Waals surface area contributed by atoms with Crippen LogP contribution in [0.4, 0.5) is 11.4 Å². The highest BCUT2D eigenvalue weighted by Gasteiger charge is 2.35. The minimum absolute atomic E-state index is 0.0704. The molecule has 1 atom stereocenters. The van der Waals surface area contributed by atoms with Gasteiger partial charge in [-0.15, -0.1) is 0 Å². The zero-order valence-corrected chi connectivity index (χ0v) is 12.3. The van der Waals surface area contributed by atoms with Crippen LogP contribution in [0.2, 0.25) is 0 Å². The lowest BCUT2D eigenvalue weighted by molar-refractivity contribution is -0.136. The molecule has 2 N–H and O–H groups in total. The summed E-state index contributed by atoms with van der Waals surface area (Å²) in [5, 5.41) is 5.83. The van der Waals surface area contributed by atoms with Gasteiger partial charge in [0.15, 0.2) is 0 Å². The topological polar surface area (TPSA) is 78.5 Å². The van der Waals surface area contributed by atoms with E-state index in [9.17, 15) is 14.4 Å². The summed E-state index contributed by atoms with van der Waals surface area (Å²) in [4.78, 5) is 36.1. The van der Waals surface area contributed by atoms with E-state index < -0.39 is 6.04 Å². The van der Waals surface area contributed by atoms with Gasteiger partial charge in [0.25, 0.3) is 5.91 Å². The lowest BCUT2D eigenvalue weighted by Crippen LogP contribution is -2.31. The number of nitrogens with zero attached hydrogens (tertiary/aromatic N) is 1. The molecule has 0 spiro atoms. The zero-order chi connectivity index (χ0) is 15.6. The number of likely N-dealkylation sites (N-methyl/N-ethyl adjacent to an activating group) is 1. The Bertz CT molecular complexity index is 583. The Morgan fingerprint density at radius 3 is 2.52 bits per heavy atom. The molecule has 0 bridgehead atoms. The van der Waals surface area contributed by atoms with E-state index in [1.54, 1.807) is 24.3 Å². The minimum atomic E-state index is -0.543. The first-order valence-electron chi connectivity index (χ1n) is 6.86. The quantitative estimate of drug-likeness (QED) is 0.822. The van der Waals surface area contributed by atoms with Crippen LogP contribution < -0.4 is 10.6 Å². The molecule has 2 rings (SSSR count). The van der Waals surface area contributed by atoms with Crippen molar-refractivity contribution >= 4 is 29.1 Å². The minimum Gasteiger partial charge on any atom is -0.373 e. The predicted molar refractivity (Wildman–Crippen MR) is 79.7 cm³/mol. The molecule has 0 saturated carbocycles. The van der Waals surface area contributed by atoms with Crippen LogP contribution in [0, 0.1) is 5.92 Å². The molecular weight excluding hydrogens is 270 g/mol. The SMILES string of the molecule is CC(C)C(=O)Nc1cccc(NC2CC(=O)N(C)C2=O)c1. The van der Waals surface area contributed by atoms with Crippen molar-refractivity contribution in [3.8, 4) is 0 Å². The molecule has 1 aromatic carbocycles. The summed E-state index contributed by atoms with van der Waals surface area (Å²) in [6, 6.07) is 6.55. The summed E-state index contributed by atoms with van der Waals surface area (Å²) in [5.74, 6) is -0.610. The Kier molecular flexibility index (Phi) is 4.26. The smallest absolute Gasteiger partial charge is 0.251 e. The molecule has 1 unspecified atom stereocenters. The second-order valence-corrected chi connectivity index (χ2v) is 5.42. The first-order chi connectivity index (χ1) is 9.88. The third-order valence-electron chi connectivity index (χ3n) is 3.38. The summed E-state index contributed by atoms with van der Waals surface area (Å²) in [6.45, 7) is 3.63. The molecular formula is C15H19N3O3. The fourth-order valence-corrected chi connectivity index (χ4v) is 2.04. The number of anilines is 2.